The van der Waals surface area contributed by atoms with Crippen molar-refractivity contribution in [3.63, 3.8) is 0 Å². The second kappa shape index (κ2) is 6.40. The van der Waals surface area contributed by atoms with Crippen molar-refractivity contribution in [3.05, 3.63) is 47.8 Å². The molecule has 1 saturated heterocycles. The number of rotatable bonds is 5. The number of likely N-dealkylation sites (tertiary alicyclic amines) is 1. The molecule has 1 aliphatic rings. The lowest BCUT2D eigenvalue weighted by Crippen LogP contribution is -2.51. The molecule has 122 valence electrons. The molecule has 6 heteroatoms. The Bertz CT molecular complexity index is 708. The molecule has 0 aliphatic carbocycles. The van der Waals surface area contributed by atoms with Crippen LogP contribution < -0.4 is 4.74 Å². The van der Waals surface area contributed by atoms with E-state index in [4.69, 9.17) is 4.74 Å². The number of methoxy groups -OCH3 is 1. The number of ether oxygens (including phenoxy) is 1. The van der Waals surface area contributed by atoms with Gasteiger partial charge in [0.2, 0.25) is 0 Å². The number of amides is 1. The molecular formula is C17H20FN3O2. The lowest BCUT2D eigenvalue weighted by Gasteiger charge is -2.39. The molecule has 2 heterocycles. The fraction of sp³-hybridized carbons (Fsp3) is 0.412. The maximum Gasteiger partial charge on any atom is 0.253 e. The van der Waals surface area contributed by atoms with E-state index in [1.165, 1.54) is 19.2 Å². The summed E-state index contributed by atoms with van der Waals surface area (Å²) in [5.41, 5.74) is 0.360. The highest BCUT2D eigenvalue weighted by atomic mass is 19.1. The average molecular weight is 317 g/mol. The Morgan fingerprint density at radius 2 is 2.22 bits per heavy atom. The Hall–Kier alpha value is -2.37. The molecular weight excluding hydrogens is 297 g/mol. The van der Waals surface area contributed by atoms with Crippen LogP contribution in [0, 0.1) is 11.7 Å². The van der Waals surface area contributed by atoms with E-state index in [1.807, 2.05) is 6.20 Å². The number of aryl methyl sites for hydroxylation is 1. The molecule has 1 aliphatic heterocycles. The molecule has 1 aromatic heterocycles. The van der Waals surface area contributed by atoms with Crippen LogP contribution in [-0.4, -0.2) is 40.6 Å². The average Bonchev–Trinajstić information content (AvgIpc) is 2.97. The Morgan fingerprint density at radius 1 is 1.43 bits per heavy atom. The molecule has 0 unspecified atom stereocenters. The van der Waals surface area contributed by atoms with Crippen molar-refractivity contribution in [1.82, 2.24) is 14.5 Å². The summed E-state index contributed by atoms with van der Waals surface area (Å²) in [6.45, 7) is 4.32. The van der Waals surface area contributed by atoms with Crippen molar-refractivity contribution in [3.8, 4) is 5.75 Å². The Morgan fingerprint density at radius 3 is 2.87 bits per heavy atom. The molecule has 1 aromatic carbocycles. The van der Waals surface area contributed by atoms with Crippen LogP contribution >= 0.6 is 0 Å². The highest BCUT2D eigenvalue weighted by Gasteiger charge is 2.31. The van der Waals surface area contributed by atoms with Gasteiger partial charge in [-0.3, -0.25) is 4.79 Å². The summed E-state index contributed by atoms with van der Waals surface area (Å²) >= 11 is 0. The smallest absolute Gasteiger partial charge is 0.253 e. The van der Waals surface area contributed by atoms with E-state index in [0.717, 1.165) is 18.8 Å². The number of carbonyl (C=O) groups excluding carboxylic acids is 1. The normalized spacial score (nSPS) is 14.7. The van der Waals surface area contributed by atoms with Crippen molar-refractivity contribution in [2.75, 3.05) is 20.2 Å². The number of nitrogens with zero attached hydrogens (tertiary/aromatic N) is 3. The zero-order valence-corrected chi connectivity index (χ0v) is 13.3. The molecule has 0 bridgehead atoms. The van der Waals surface area contributed by atoms with Crippen LogP contribution in [0.1, 0.15) is 23.1 Å². The van der Waals surface area contributed by atoms with E-state index in [0.29, 0.717) is 24.6 Å². The molecule has 2 aromatic rings. The third-order valence-corrected chi connectivity index (χ3v) is 4.22. The largest absolute Gasteiger partial charge is 0.494 e. The number of hydrogen-bond acceptors (Lipinski definition) is 3. The molecule has 0 radical (unpaired) electrons. The number of hydrogen-bond donors (Lipinski definition) is 0. The molecule has 23 heavy (non-hydrogen) atoms. The predicted octanol–water partition coefficient (Wildman–Crippen LogP) is 2.37. The summed E-state index contributed by atoms with van der Waals surface area (Å²) in [5.74, 6) is 0.981. The molecule has 3 rings (SSSR count). The number of aromatic nitrogens is 2. The number of imidazole rings is 1. The first-order valence-electron chi connectivity index (χ1n) is 7.75. The lowest BCUT2D eigenvalue weighted by molar-refractivity contribution is 0.0466. The van der Waals surface area contributed by atoms with Gasteiger partial charge in [-0.05, 0) is 18.2 Å². The van der Waals surface area contributed by atoms with Gasteiger partial charge in [-0.2, -0.15) is 0 Å². The first kappa shape index (κ1) is 15.5. The number of benzene rings is 1. The standard InChI is InChI=1S/C17H20FN3O2/c1-3-16-19-6-7-20(16)9-12-10-21(11-12)17(22)13-4-5-15(23-2)14(18)8-13/h4-8,12H,3,9-11H2,1-2H3. The second-order valence-electron chi connectivity index (χ2n) is 5.77. The van der Waals surface area contributed by atoms with Crippen LogP contribution in [0.3, 0.4) is 0 Å². The van der Waals surface area contributed by atoms with Gasteiger partial charge < -0.3 is 14.2 Å². The lowest BCUT2D eigenvalue weighted by atomic mass is 9.98. The SMILES string of the molecule is CCc1nccn1CC1CN(C(=O)c2ccc(OC)c(F)c2)C1. The van der Waals surface area contributed by atoms with Gasteiger partial charge in [0.15, 0.2) is 11.6 Å². The third-order valence-electron chi connectivity index (χ3n) is 4.22. The van der Waals surface area contributed by atoms with Crippen LogP contribution in [0.2, 0.25) is 0 Å². The first-order valence-corrected chi connectivity index (χ1v) is 7.75. The van der Waals surface area contributed by atoms with Crippen LogP contribution in [0.5, 0.6) is 5.75 Å². The highest BCUT2D eigenvalue weighted by Crippen LogP contribution is 2.23. The van der Waals surface area contributed by atoms with Gasteiger partial charge in [0.05, 0.1) is 7.11 Å². The summed E-state index contributed by atoms with van der Waals surface area (Å²) in [4.78, 5) is 18.4. The van der Waals surface area contributed by atoms with Gasteiger partial charge in [-0.15, -0.1) is 0 Å². The van der Waals surface area contributed by atoms with Crippen LogP contribution in [0.4, 0.5) is 4.39 Å². The summed E-state index contributed by atoms with van der Waals surface area (Å²) in [6.07, 6.45) is 4.68. The highest BCUT2D eigenvalue weighted by molar-refractivity contribution is 5.94. The zero-order chi connectivity index (χ0) is 16.4. The van der Waals surface area contributed by atoms with Crippen molar-refractivity contribution in [2.24, 2.45) is 5.92 Å². The third kappa shape index (κ3) is 3.06. The number of carbonyl (C=O) groups is 1. The van der Waals surface area contributed by atoms with Gasteiger partial charge in [0.25, 0.3) is 5.91 Å². The van der Waals surface area contributed by atoms with Crippen molar-refractivity contribution in [2.45, 2.75) is 19.9 Å². The van der Waals surface area contributed by atoms with Crippen LogP contribution in [0.25, 0.3) is 0 Å². The van der Waals surface area contributed by atoms with E-state index in [-0.39, 0.29) is 11.7 Å². The first-order chi connectivity index (χ1) is 11.1. The summed E-state index contributed by atoms with van der Waals surface area (Å²) in [7, 11) is 1.40. The van der Waals surface area contributed by atoms with E-state index >= 15 is 0 Å². The van der Waals surface area contributed by atoms with Gasteiger partial charge >= 0.3 is 0 Å². The Balaban J connectivity index is 1.58. The molecule has 1 fully saturated rings. The fourth-order valence-corrected chi connectivity index (χ4v) is 2.93. The van der Waals surface area contributed by atoms with Crippen LogP contribution in [-0.2, 0) is 13.0 Å². The van der Waals surface area contributed by atoms with E-state index in [2.05, 4.69) is 16.5 Å². The summed E-state index contributed by atoms with van der Waals surface area (Å²) in [5, 5.41) is 0. The van der Waals surface area contributed by atoms with Crippen molar-refractivity contribution in [1.29, 1.82) is 0 Å². The Kier molecular flexibility index (Phi) is 4.32. The van der Waals surface area contributed by atoms with Crippen LogP contribution in [0.15, 0.2) is 30.6 Å². The fourth-order valence-electron chi connectivity index (χ4n) is 2.93. The van der Waals surface area contributed by atoms with Gasteiger partial charge in [-0.25, -0.2) is 9.37 Å². The molecule has 1 amide bonds. The van der Waals surface area contributed by atoms with E-state index < -0.39 is 5.82 Å². The quantitative estimate of drug-likeness (QED) is 0.850. The zero-order valence-electron chi connectivity index (χ0n) is 13.3. The van der Waals surface area contributed by atoms with Gasteiger partial charge in [-0.1, -0.05) is 6.92 Å². The topological polar surface area (TPSA) is 47.4 Å². The maximum absolute atomic E-state index is 13.7. The molecule has 0 atom stereocenters. The molecule has 5 nitrogen and oxygen atoms in total. The Labute approximate surface area is 134 Å². The van der Waals surface area contributed by atoms with Crippen molar-refractivity contribution >= 4 is 5.91 Å². The van der Waals surface area contributed by atoms with E-state index in [1.54, 1.807) is 17.2 Å². The van der Waals surface area contributed by atoms with Crippen molar-refractivity contribution < 1.29 is 13.9 Å². The minimum atomic E-state index is -0.513. The molecule has 0 spiro atoms. The van der Waals surface area contributed by atoms with E-state index in [9.17, 15) is 9.18 Å². The second-order valence-corrected chi connectivity index (χ2v) is 5.77. The minimum absolute atomic E-state index is 0.135. The molecule has 0 saturated carbocycles. The number of halogens is 1. The monoisotopic (exact) mass is 317 g/mol. The summed E-state index contributed by atoms with van der Waals surface area (Å²) < 4.78 is 20.7. The van der Waals surface area contributed by atoms with Gasteiger partial charge in [0.1, 0.15) is 5.82 Å². The predicted molar refractivity (Wildman–Crippen MR) is 84.0 cm³/mol. The minimum Gasteiger partial charge on any atom is -0.494 e. The maximum atomic E-state index is 13.7. The summed E-state index contributed by atoms with van der Waals surface area (Å²) in [6, 6.07) is 4.32. The molecule has 0 N–H and O–H groups in total. The van der Waals surface area contributed by atoms with Gasteiger partial charge in [0, 0.05) is 49.9 Å².